The number of nitrogens with one attached hydrogen (secondary N) is 1. The van der Waals surface area contributed by atoms with E-state index in [9.17, 15) is 9.59 Å². The molecule has 0 saturated heterocycles. The van der Waals surface area contributed by atoms with Crippen LogP contribution in [0.4, 0.5) is 5.69 Å². The highest BCUT2D eigenvalue weighted by Crippen LogP contribution is 2.27. The van der Waals surface area contributed by atoms with E-state index >= 15 is 0 Å². The van der Waals surface area contributed by atoms with Gasteiger partial charge in [-0.05, 0) is 37.1 Å². The molecule has 2 aromatic carbocycles. The van der Waals surface area contributed by atoms with E-state index in [1.807, 2.05) is 32.0 Å². The predicted octanol–water partition coefficient (Wildman–Crippen LogP) is 3.28. The first-order valence-corrected chi connectivity index (χ1v) is 8.52. The average molecular weight is 351 g/mol. The van der Waals surface area contributed by atoms with Gasteiger partial charge in [-0.25, -0.2) is 4.68 Å². The molecule has 0 fully saturated rings. The van der Waals surface area contributed by atoms with E-state index in [0.29, 0.717) is 28.8 Å². The molecule has 0 saturated carbocycles. The van der Waals surface area contributed by atoms with Crippen LogP contribution in [-0.4, -0.2) is 22.3 Å². The second-order valence-electron chi connectivity index (χ2n) is 6.13. The molecule has 0 unspecified atom stereocenters. The van der Waals surface area contributed by atoms with Crippen LogP contribution in [0.25, 0.3) is 10.8 Å². The van der Waals surface area contributed by atoms with Gasteiger partial charge in [0.15, 0.2) is 5.69 Å². The largest absolute Gasteiger partial charge is 0.491 e. The molecular formula is C20H21N3O3. The van der Waals surface area contributed by atoms with Gasteiger partial charge in [-0.3, -0.25) is 9.59 Å². The molecule has 0 spiro atoms. The Morgan fingerprint density at radius 2 is 1.92 bits per heavy atom. The van der Waals surface area contributed by atoms with Gasteiger partial charge < -0.3 is 10.1 Å². The summed E-state index contributed by atoms with van der Waals surface area (Å²) in [7, 11) is 1.53. The van der Waals surface area contributed by atoms with Crippen LogP contribution < -0.4 is 15.6 Å². The molecule has 3 rings (SSSR count). The molecule has 6 heteroatoms. The number of nitrogens with zero attached hydrogens (tertiary/aromatic N) is 2. The lowest BCUT2D eigenvalue weighted by molar-refractivity contribution is 0.102. The number of hydrogen-bond donors (Lipinski definition) is 1. The Kier molecular flexibility index (Phi) is 5.02. The maximum atomic E-state index is 12.9. The molecule has 0 aliphatic heterocycles. The molecular weight excluding hydrogens is 330 g/mol. The molecule has 0 atom stereocenters. The summed E-state index contributed by atoms with van der Waals surface area (Å²) in [6, 6.07) is 12.6. The number of fused-ring (bicyclic) bond motifs is 1. The molecule has 1 heterocycles. The maximum absolute atomic E-state index is 12.9. The van der Waals surface area contributed by atoms with Crippen molar-refractivity contribution >= 4 is 22.4 Å². The molecule has 1 N–H and O–H groups in total. The van der Waals surface area contributed by atoms with Gasteiger partial charge >= 0.3 is 0 Å². The van der Waals surface area contributed by atoms with E-state index in [0.717, 1.165) is 12.0 Å². The molecule has 1 amide bonds. The number of amides is 1. The second-order valence-corrected chi connectivity index (χ2v) is 6.13. The fraction of sp³-hybridized carbons (Fsp3) is 0.250. The molecule has 3 aromatic rings. The summed E-state index contributed by atoms with van der Waals surface area (Å²) in [6.07, 6.45) is 0.869. The fourth-order valence-corrected chi connectivity index (χ4v) is 2.71. The van der Waals surface area contributed by atoms with Crippen molar-refractivity contribution in [2.75, 3.05) is 11.9 Å². The Hall–Kier alpha value is -3.15. The first kappa shape index (κ1) is 17.7. The first-order chi connectivity index (χ1) is 12.5. The third-order valence-electron chi connectivity index (χ3n) is 4.02. The maximum Gasteiger partial charge on any atom is 0.276 e. The summed E-state index contributed by atoms with van der Waals surface area (Å²) < 4.78 is 6.93. The highest BCUT2D eigenvalue weighted by Gasteiger charge is 2.17. The van der Waals surface area contributed by atoms with E-state index in [1.165, 1.54) is 11.7 Å². The van der Waals surface area contributed by atoms with Gasteiger partial charge in [0.1, 0.15) is 5.75 Å². The van der Waals surface area contributed by atoms with Gasteiger partial charge in [0.25, 0.3) is 11.5 Å². The molecule has 0 aliphatic carbocycles. The zero-order valence-corrected chi connectivity index (χ0v) is 15.1. The number of rotatable bonds is 5. The number of carbonyl (C=O) groups is 1. The van der Waals surface area contributed by atoms with Crippen molar-refractivity contribution < 1.29 is 9.53 Å². The van der Waals surface area contributed by atoms with Crippen LogP contribution in [0.15, 0.2) is 47.3 Å². The predicted molar refractivity (Wildman–Crippen MR) is 102 cm³/mol. The minimum absolute atomic E-state index is 0.199. The van der Waals surface area contributed by atoms with Crippen LogP contribution in [0.3, 0.4) is 0 Å². The van der Waals surface area contributed by atoms with Gasteiger partial charge in [0.05, 0.1) is 17.7 Å². The summed E-state index contributed by atoms with van der Waals surface area (Å²) in [5.74, 6) is 0.233. The lowest BCUT2D eigenvalue weighted by Crippen LogP contribution is -2.25. The second kappa shape index (κ2) is 7.39. The number of benzene rings is 2. The molecule has 134 valence electrons. The van der Waals surface area contributed by atoms with Crippen LogP contribution in [-0.2, 0) is 7.05 Å². The number of ether oxygens (including phenoxy) is 1. The molecule has 1 aromatic heterocycles. The summed E-state index contributed by atoms with van der Waals surface area (Å²) >= 11 is 0. The quantitative estimate of drug-likeness (QED) is 0.765. The van der Waals surface area contributed by atoms with Crippen molar-refractivity contribution in [1.82, 2.24) is 9.78 Å². The number of carbonyl (C=O) groups excluding carboxylic acids is 1. The molecule has 26 heavy (non-hydrogen) atoms. The van der Waals surface area contributed by atoms with E-state index in [1.54, 1.807) is 24.3 Å². The molecule has 0 aliphatic rings. The Labute approximate surface area is 151 Å². The average Bonchev–Trinajstić information content (AvgIpc) is 2.64. The van der Waals surface area contributed by atoms with Crippen molar-refractivity contribution in [2.24, 2.45) is 7.05 Å². The van der Waals surface area contributed by atoms with Gasteiger partial charge in [-0.2, -0.15) is 5.10 Å². The summed E-state index contributed by atoms with van der Waals surface area (Å²) in [5.41, 5.74) is 1.58. The van der Waals surface area contributed by atoms with Gasteiger partial charge in [-0.1, -0.05) is 31.2 Å². The van der Waals surface area contributed by atoms with Crippen LogP contribution in [0, 0.1) is 6.92 Å². The molecule has 0 bridgehead atoms. The molecule has 6 nitrogen and oxygen atoms in total. The lowest BCUT2D eigenvalue weighted by atomic mass is 10.1. The normalized spacial score (nSPS) is 10.7. The van der Waals surface area contributed by atoms with Crippen LogP contribution in [0.2, 0.25) is 0 Å². The number of hydrogen-bond acceptors (Lipinski definition) is 4. The smallest absolute Gasteiger partial charge is 0.276 e. The van der Waals surface area contributed by atoms with Crippen LogP contribution in [0.5, 0.6) is 5.75 Å². The number of aryl methyl sites for hydroxylation is 2. The Morgan fingerprint density at radius 1 is 1.19 bits per heavy atom. The van der Waals surface area contributed by atoms with Gasteiger partial charge in [0.2, 0.25) is 0 Å². The topological polar surface area (TPSA) is 73.2 Å². The van der Waals surface area contributed by atoms with E-state index in [4.69, 9.17) is 4.74 Å². The summed E-state index contributed by atoms with van der Waals surface area (Å²) in [5, 5.41) is 8.00. The zero-order chi connectivity index (χ0) is 18.7. The highest BCUT2D eigenvalue weighted by molar-refractivity contribution is 6.11. The van der Waals surface area contributed by atoms with Crippen LogP contribution in [0.1, 0.15) is 29.4 Å². The Balaban J connectivity index is 2.01. The van der Waals surface area contributed by atoms with E-state index in [-0.39, 0.29) is 17.2 Å². The molecule has 0 radical (unpaired) electrons. The minimum atomic E-state index is -0.387. The van der Waals surface area contributed by atoms with E-state index in [2.05, 4.69) is 10.4 Å². The standard InChI is InChI=1S/C20H21N3O3/c1-4-11-26-17-12-13(2)9-10-16(17)21-19(24)18-14-7-5-6-8-15(14)20(25)23(3)22-18/h5-10,12H,4,11H2,1-3H3,(H,21,24). The van der Waals surface area contributed by atoms with E-state index < -0.39 is 0 Å². The Bertz CT molecular complexity index is 1020. The van der Waals surface area contributed by atoms with Gasteiger partial charge in [-0.15, -0.1) is 0 Å². The SMILES string of the molecule is CCCOc1cc(C)ccc1NC(=O)c1nn(C)c(=O)c2ccccc12. The summed E-state index contributed by atoms with van der Waals surface area (Å²) in [4.78, 5) is 25.1. The zero-order valence-electron chi connectivity index (χ0n) is 15.1. The fourth-order valence-electron chi connectivity index (χ4n) is 2.71. The lowest BCUT2D eigenvalue weighted by Gasteiger charge is -2.14. The Morgan fingerprint density at radius 3 is 2.65 bits per heavy atom. The van der Waals surface area contributed by atoms with Crippen molar-refractivity contribution in [3.05, 3.63) is 64.1 Å². The number of anilines is 1. The van der Waals surface area contributed by atoms with Crippen molar-refractivity contribution in [3.63, 3.8) is 0 Å². The first-order valence-electron chi connectivity index (χ1n) is 8.52. The minimum Gasteiger partial charge on any atom is -0.491 e. The third-order valence-corrected chi connectivity index (χ3v) is 4.02. The monoisotopic (exact) mass is 351 g/mol. The van der Waals surface area contributed by atoms with Crippen LogP contribution >= 0.6 is 0 Å². The van der Waals surface area contributed by atoms with Crippen molar-refractivity contribution in [1.29, 1.82) is 0 Å². The van der Waals surface area contributed by atoms with Crippen molar-refractivity contribution in [2.45, 2.75) is 20.3 Å². The van der Waals surface area contributed by atoms with Gasteiger partial charge in [0, 0.05) is 12.4 Å². The third kappa shape index (κ3) is 3.44. The van der Waals surface area contributed by atoms with Crippen molar-refractivity contribution in [3.8, 4) is 5.75 Å². The number of aromatic nitrogens is 2. The highest BCUT2D eigenvalue weighted by atomic mass is 16.5. The summed E-state index contributed by atoms with van der Waals surface area (Å²) in [6.45, 7) is 4.55.